The molecule has 0 aliphatic heterocycles. The van der Waals surface area contributed by atoms with E-state index in [9.17, 15) is 0 Å². The minimum Gasteiger partial charge on any atom is -0.305 e. The fourth-order valence-electron chi connectivity index (χ4n) is 2.09. The van der Waals surface area contributed by atoms with Crippen LogP contribution in [0, 0.1) is 0 Å². The highest BCUT2D eigenvalue weighted by Gasteiger charge is 2.13. The molecule has 1 heterocycles. The SMILES string of the molecule is Cn1c(SCc2c(Cl)cccc2Cl)nnc1-c1ccccc1. The molecule has 0 aliphatic carbocycles. The normalized spacial score (nSPS) is 10.9. The van der Waals surface area contributed by atoms with Gasteiger partial charge in [-0.05, 0) is 17.7 Å². The zero-order chi connectivity index (χ0) is 15.5. The molecule has 1 aromatic heterocycles. The van der Waals surface area contributed by atoms with Gasteiger partial charge >= 0.3 is 0 Å². The number of aromatic nitrogens is 3. The third kappa shape index (κ3) is 3.14. The van der Waals surface area contributed by atoms with Crippen LogP contribution in [0.5, 0.6) is 0 Å². The summed E-state index contributed by atoms with van der Waals surface area (Å²) in [5.41, 5.74) is 1.96. The number of hydrogen-bond donors (Lipinski definition) is 0. The highest BCUT2D eigenvalue weighted by molar-refractivity contribution is 7.98. The second kappa shape index (κ2) is 6.73. The smallest absolute Gasteiger partial charge is 0.191 e. The van der Waals surface area contributed by atoms with Crippen LogP contribution >= 0.6 is 35.0 Å². The molecule has 0 spiro atoms. The van der Waals surface area contributed by atoms with Gasteiger partial charge in [0.25, 0.3) is 0 Å². The summed E-state index contributed by atoms with van der Waals surface area (Å²) < 4.78 is 1.98. The van der Waals surface area contributed by atoms with Crippen LogP contribution in [0.15, 0.2) is 53.7 Å². The first-order valence-electron chi connectivity index (χ1n) is 6.67. The Labute approximate surface area is 143 Å². The second-order valence-electron chi connectivity index (χ2n) is 4.72. The van der Waals surface area contributed by atoms with Crippen LogP contribution < -0.4 is 0 Å². The summed E-state index contributed by atoms with van der Waals surface area (Å²) in [7, 11) is 1.96. The van der Waals surface area contributed by atoms with E-state index in [4.69, 9.17) is 23.2 Å². The van der Waals surface area contributed by atoms with Gasteiger partial charge in [0.15, 0.2) is 11.0 Å². The largest absolute Gasteiger partial charge is 0.305 e. The van der Waals surface area contributed by atoms with E-state index in [2.05, 4.69) is 10.2 Å². The van der Waals surface area contributed by atoms with Crippen molar-refractivity contribution in [2.75, 3.05) is 0 Å². The number of hydrogen-bond acceptors (Lipinski definition) is 3. The van der Waals surface area contributed by atoms with Crippen LogP contribution in [0.4, 0.5) is 0 Å². The first-order valence-corrected chi connectivity index (χ1v) is 8.41. The topological polar surface area (TPSA) is 30.7 Å². The lowest BCUT2D eigenvalue weighted by Crippen LogP contribution is -1.95. The Kier molecular flexibility index (Phi) is 4.71. The Morgan fingerprint density at radius 3 is 2.32 bits per heavy atom. The van der Waals surface area contributed by atoms with Crippen molar-refractivity contribution in [3.05, 3.63) is 64.1 Å². The molecule has 22 heavy (non-hydrogen) atoms. The molecule has 0 bridgehead atoms. The highest BCUT2D eigenvalue weighted by Crippen LogP contribution is 2.31. The van der Waals surface area contributed by atoms with Gasteiger partial charge in [0.1, 0.15) is 0 Å². The Balaban J connectivity index is 1.81. The Morgan fingerprint density at radius 2 is 1.64 bits per heavy atom. The van der Waals surface area contributed by atoms with Crippen molar-refractivity contribution in [3.8, 4) is 11.4 Å². The van der Waals surface area contributed by atoms with E-state index in [-0.39, 0.29) is 0 Å². The maximum atomic E-state index is 6.20. The van der Waals surface area contributed by atoms with Gasteiger partial charge in [0, 0.05) is 28.4 Å². The molecule has 0 N–H and O–H groups in total. The first kappa shape index (κ1) is 15.4. The summed E-state index contributed by atoms with van der Waals surface area (Å²) in [5.74, 6) is 1.49. The van der Waals surface area contributed by atoms with Gasteiger partial charge in [-0.15, -0.1) is 10.2 Å². The second-order valence-corrected chi connectivity index (χ2v) is 6.48. The zero-order valence-corrected chi connectivity index (χ0v) is 14.2. The number of benzene rings is 2. The van der Waals surface area contributed by atoms with E-state index in [0.717, 1.165) is 22.1 Å². The number of rotatable bonds is 4. The van der Waals surface area contributed by atoms with Gasteiger partial charge in [-0.2, -0.15) is 0 Å². The van der Waals surface area contributed by atoms with Gasteiger partial charge in [-0.25, -0.2) is 0 Å². The molecule has 0 atom stereocenters. The number of halogens is 2. The molecule has 3 rings (SSSR count). The number of thioether (sulfide) groups is 1. The van der Waals surface area contributed by atoms with Gasteiger partial charge < -0.3 is 4.57 Å². The molecule has 0 unspecified atom stereocenters. The van der Waals surface area contributed by atoms with Crippen LogP contribution in [0.3, 0.4) is 0 Å². The fraction of sp³-hybridized carbons (Fsp3) is 0.125. The fourth-order valence-corrected chi connectivity index (χ4v) is 3.74. The van der Waals surface area contributed by atoms with Crippen molar-refractivity contribution < 1.29 is 0 Å². The lowest BCUT2D eigenvalue weighted by Gasteiger charge is -2.07. The standard InChI is InChI=1S/C16H13Cl2N3S/c1-21-15(11-6-3-2-4-7-11)19-20-16(21)22-10-12-13(17)8-5-9-14(12)18/h2-9H,10H2,1H3. The molecular formula is C16H13Cl2N3S. The lowest BCUT2D eigenvalue weighted by atomic mass is 10.2. The minimum absolute atomic E-state index is 0.652. The monoisotopic (exact) mass is 349 g/mol. The average molecular weight is 350 g/mol. The maximum Gasteiger partial charge on any atom is 0.191 e. The summed E-state index contributed by atoms with van der Waals surface area (Å²) in [4.78, 5) is 0. The predicted molar refractivity (Wildman–Crippen MR) is 92.5 cm³/mol. The maximum absolute atomic E-state index is 6.20. The Bertz CT molecular complexity index is 767. The van der Waals surface area contributed by atoms with Crippen LogP contribution in [-0.4, -0.2) is 14.8 Å². The first-order chi connectivity index (χ1) is 10.7. The Hall–Kier alpha value is -1.49. The third-order valence-electron chi connectivity index (χ3n) is 3.27. The summed E-state index contributed by atoms with van der Waals surface area (Å²) >= 11 is 14.0. The van der Waals surface area contributed by atoms with Gasteiger partial charge in [0.2, 0.25) is 0 Å². The molecule has 0 radical (unpaired) electrons. The molecule has 3 nitrogen and oxygen atoms in total. The van der Waals surface area contributed by atoms with Crippen molar-refractivity contribution in [2.24, 2.45) is 7.05 Å². The highest BCUT2D eigenvalue weighted by atomic mass is 35.5. The summed E-state index contributed by atoms with van der Waals surface area (Å²) in [6, 6.07) is 15.5. The molecule has 6 heteroatoms. The van der Waals surface area contributed by atoms with Crippen LogP contribution in [0.25, 0.3) is 11.4 Å². The third-order valence-corrected chi connectivity index (χ3v) is 5.03. The molecular weight excluding hydrogens is 337 g/mol. The molecule has 0 fully saturated rings. The summed E-state index contributed by atoms with van der Waals surface area (Å²) in [6.45, 7) is 0. The lowest BCUT2D eigenvalue weighted by molar-refractivity contribution is 0.794. The van der Waals surface area contributed by atoms with E-state index in [1.54, 1.807) is 11.8 Å². The molecule has 0 saturated carbocycles. The van der Waals surface area contributed by atoms with Gasteiger partial charge in [-0.3, -0.25) is 0 Å². The van der Waals surface area contributed by atoms with Crippen molar-refractivity contribution >= 4 is 35.0 Å². The van der Waals surface area contributed by atoms with Crippen molar-refractivity contribution in [3.63, 3.8) is 0 Å². The van der Waals surface area contributed by atoms with Crippen molar-refractivity contribution in [1.82, 2.24) is 14.8 Å². The van der Waals surface area contributed by atoms with Crippen LogP contribution in [-0.2, 0) is 12.8 Å². The minimum atomic E-state index is 0.652. The summed E-state index contributed by atoms with van der Waals surface area (Å²) in [6.07, 6.45) is 0. The molecule has 2 aromatic carbocycles. The average Bonchev–Trinajstić information content (AvgIpc) is 2.89. The number of nitrogens with zero attached hydrogens (tertiary/aromatic N) is 3. The van der Waals surface area contributed by atoms with E-state index < -0.39 is 0 Å². The van der Waals surface area contributed by atoms with Gasteiger partial charge in [-0.1, -0.05) is 71.4 Å². The zero-order valence-electron chi connectivity index (χ0n) is 11.8. The summed E-state index contributed by atoms with van der Waals surface area (Å²) in [5, 5.41) is 10.7. The van der Waals surface area contributed by atoms with E-state index >= 15 is 0 Å². The molecule has 3 aromatic rings. The molecule has 0 amide bonds. The van der Waals surface area contributed by atoms with Crippen LogP contribution in [0.1, 0.15) is 5.56 Å². The molecule has 0 saturated heterocycles. The van der Waals surface area contributed by atoms with E-state index in [0.29, 0.717) is 15.8 Å². The van der Waals surface area contributed by atoms with E-state index in [1.165, 1.54) is 0 Å². The van der Waals surface area contributed by atoms with E-state index in [1.807, 2.05) is 60.1 Å². The van der Waals surface area contributed by atoms with Crippen molar-refractivity contribution in [2.45, 2.75) is 10.9 Å². The molecule has 0 aliphatic rings. The van der Waals surface area contributed by atoms with Crippen molar-refractivity contribution in [1.29, 1.82) is 0 Å². The quantitative estimate of drug-likeness (QED) is 0.615. The van der Waals surface area contributed by atoms with Crippen LogP contribution in [0.2, 0.25) is 10.0 Å². The van der Waals surface area contributed by atoms with Gasteiger partial charge in [0.05, 0.1) is 0 Å². The molecule has 112 valence electrons. The predicted octanol–water partition coefficient (Wildman–Crippen LogP) is 5.08. The Morgan fingerprint density at radius 1 is 0.955 bits per heavy atom.